The van der Waals surface area contributed by atoms with Crippen molar-refractivity contribution in [2.75, 3.05) is 57.2 Å². The second kappa shape index (κ2) is 7.32. The summed E-state index contributed by atoms with van der Waals surface area (Å²) in [4.78, 5) is 13.7. The molecule has 2 aromatic rings. The first kappa shape index (κ1) is 17.4. The van der Waals surface area contributed by atoms with Crippen LogP contribution in [-0.2, 0) is 4.74 Å². The molecular weight excluding hydrogens is 334 g/mol. The van der Waals surface area contributed by atoms with Crippen molar-refractivity contribution in [2.45, 2.75) is 37.6 Å². The van der Waals surface area contributed by atoms with E-state index in [9.17, 15) is 0 Å². The zero-order valence-corrected chi connectivity index (χ0v) is 15.6. The number of ether oxygens (including phenoxy) is 1. The first-order chi connectivity index (χ1) is 12.7. The van der Waals surface area contributed by atoms with Crippen molar-refractivity contribution in [1.29, 1.82) is 0 Å². The molecule has 4 rings (SSSR count). The Morgan fingerprint density at radius 2 is 1.73 bits per heavy atom. The maximum atomic E-state index is 5.57. The van der Waals surface area contributed by atoms with E-state index in [1.165, 1.54) is 32.1 Å². The highest BCUT2D eigenvalue weighted by Crippen LogP contribution is 2.35. The lowest BCUT2D eigenvalue weighted by molar-refractivity contribution is -0.0318. The number of aromatic nitrogens is 4. The Labute approximate surface area is 153 Å². The number of nitrogens with one attached hydrogen (secondary N) is 1. The van der Waals surface area contributed by atoms with E-state index in [0.29, 0.717) is 11.3 Å². The van der Waals surface area contributed by atoms with Gasteiger partial charge in [0.2, 0.25) is 11.3 Å². The van der Waals surface area contributed by atoms with Gasteiger partial charge < -0.3 is 15.0 Å². The quantitative estimate of drug-likeness (QED) is 0.851. The van der Waals surface area contributed by atoms with Gasteiger partial charge in [0, 0.05) is 39.3 Å². The Hall–Kier alpha value is -2.00. The molecule has 26 heavy (non-hydrogen) atoms. The standard InChI is InChI=1S/C17H27N7O2/c1-23(2)16-15(19-13-14(20-16)22-26-21-13)18-12-17(6-4-3-5-7-17)24-8-10-25-11-9-24/h3-12H2,1-2H3,(H,18,19,21). The van der Waals surface area contributed by atoms with Crippen molar-refractivity contribution >= 4 is 22.9 Å². The molecule has 2 fully saturated rings. The van der Waals surface area contributed by atoms with Crippen molar-refractivity contribution in [1.82, 2.24) is 25.2 Å². The van der Waals surface area contributed by atoms with E-state index in [-0.39, 0.29) is 5.54 Å². The van der Waals surface area contributed by atoms with Gasteiger partial charge in [-0.2, -0.15) is 0 Å². The molecule has 1 aliphatic heterocycles. The third-order valence-electron chi connectivity index (χ3n) is 5.57. The number of morpholine rings is 1. The normalized spacial score (nSPS) is 21.0. The average Bonchev–Trinajstić information content (AvgIpc) is 3.14. The largest absolute Gasteiger partial charge is 0.379 e. The number of rotatable bonds is 5. The van der Waals surface area contributed by atoms with E-state index in [0.717, 1.165) is 44.5 Å². The zero-order chi connectivity index (χ0) is 18.0. The highest BCUT2D eigenvalue weighted by Gasteiger charge is 2.38. The van der Waals surface area contributed by atoms with E-state index in [1.807, 2.05) is 19.0 Å². The molecule has 0 amide bonds. The van der Waals surface area contributed by atoms with E-state index in [1.54, 1.807) is 0 Å². The zero-order valence-electron chi connectivity index (χ0n) is 15.6. The molecule has 2 aromatic heterocycles. The van der Waals surface area contributed by atoms with Crippen LogP contribution in [0.2, 0.25) is 0 Å². The van der Waals surface area contributed by atoms with Crippen LogP contribution in [0.25, 0.3) is 11.3 Å². The minimum Gasteiger partial charge on any atom is -0.379 e. The minimum atomic E-state index is 0.157. The number of hydrogen-bond donors (Lipinski definition) is 1. The van der Waals surface area contributed by atoms with E-state index in [4.69, 9.17) is 9.37 Å². The molecular formula is C17H27N7O2. The van der Waals surface area contributed by atoms with Crippen LogP contribution in [0.1, 0.15) is 32.1 Å². The molecule has 9 nitrogen and oxygen atoms in total. The summed E-state index contributed by atoms with van der Waals surface area (Å²) in [7, 11) is 3.90. The molecule has 1 saturated carbocycles. The van der Waals surface area contributed by atoms with Gasteiger partial charge in [-0.1, -0.05) is 19.3 Å². The Morgan fingerprint density at radius 3 is 2.42 bits per heavy atom. The Bertz CT molecular complexity index is 736. The molecule has 0 spiro atoms. The molecule has 1 aliphatic carbocycles. The molecule has 1 N–H and O–H groups in total. The number of hydrogen-bond acceptors (Lipinski definition) is 9. The number of nitrogens with zero attached hydrogens (tertiary/aromatic N) is 6. The minimum absolute atomic E-state index is 0.157. The van der Waals surface area contributed by atoms with Crippen molar-refractivity contribution in [3.8, 4) is 0 Å². The molecule has 1 saturated heterocycles. The predicted octanol–water partition coefficient (Wildman–Crippen LogP) is 1.53. The molecule has 9 heteroatoms. The molecule has 142 valence electrons. The van der Waals surface area contributed by atoms with E-state index < -0.39 is 0 Å². The highest BCUT2D eigenvalue weighted by molar-refractivity contribution is 5.73. The van der Waals surface area contributed by atoms with Gasteiger partial charge in [-0.3, -0.25) is 4.90 Å². The van der Waals surface area contributed by atoms with Crippen LogP contribution in [0.15, 0.2) is 4.63 Å². The summed E-state index contributed by atoms with van der Waals surface area (Å²) < 4.78 is 10.3. The van der Waals surface area contributed by atoms with Crippen LogP contribution in [0.5, 0.6) is 0 Å². The fourth-order valence-corrected chi connectivity index (χ4v) is 4.16. The van der Waals surface area contributed by atoms with Crippen LogP contribution in [0, 0.1) is 0 Å². The molecule has 0 radical (unpaired) electrons. The van der Waals surface area contributed by atoms with E-state index in [2.05, 4.69) is 30.5 Å². The van der Waals surface area contributed by atoms with Gasteiger partial charge >= 0.3 is 0 Å². The SMILES string of the molecule is CN(C)c1nc2nonc2nc1NCC1(N2CCOCC2)CCCCC1. The van der Waals surface area contributed by atoms with Crippen molar-refractivity contribution < 1.29 is 9.37 Å². The molecule has 0 unspecified atom stereocenters. The second-order valence-corrected chi connectivity index (χ2v) is 7.44. The lowest BCUT2D eigenvalue weighted by Gasteiger charge is -2.48. The van der Waals surface area contributed by atoms with Crippen molar-refractivity contribution in [3.63, 3.8) is 0 Å². The van der Waals surface area contributed by atoms with Crippen LogP contribution >= 0.6 is 0 Å². The van der Waals surface area contributed by atoms with Crippen molar-refractivity contribution in [3.05, 3.63) is 0 Å². The maximum absolute atomic E-state index is 5.57. The van der Waals surface area contributed by atoms with Gasteiger partial charge in [0.15, 0.2) is 11.6 Å². The Morgan fingerprint density at radius 1 is 1.04 bits per heavy atom. The first-order valence-electron chi connectivity index (χ1n) is 9.42. The Kier molecular flexibility index (Phi) is 4.90. The average molecular weight is 361 g/mol. The molecule has 3 heterocycles. The van der Waals surface area contributed by atoms with Crippen molar-refractivity contribution in [2.24, 2.45) is 0 Å². The van der Waals surface area contributed by atoms with Gasteiger partial charge in [0.1, 0.15) is 0 Å². The second-order valence-electron chi connectivity index (χ2n) is 7.44. The summed E-state index contributed by atoms with van der Waals surface area (Å²) in [5.41, 5.74) is 1.02. The third kappa shape index (κ3) is 3.33. The van der Waals surface area contributed by atoms with Gasteiger partial charge in [-0.05, 0) is 23.2 Å². The van der Waals surface area contributed by atoms with Gasteiger partial charge in [0.25, 0.3) is 0 Å². The summed E-state index contributed by atoms with van der Waals surface area (Å²) in [5, 5.41) is 11.2. The third-order valence-corrected chi connectivity index (χ3v) is 5.57. The van der Waals surface area contributed by atoms with E-state index >= 15 is 0 Å². The molecule has 2 aliphatic rings. The van der Waals surface area contributed by atoms with Crippen LogP contribution < -0.4 is 10.2 Å². The monoisotopic (exact) mass is 361 g/mol. The van der Waals surface area contributed by atoms with Crippen LogP contribution in [0.4, 0.5) is 11.6 Å². The van der Waals surface area contributed by atoms with Gasteiger partial charge in [-0.15, -0.1) is 0 Å². The predicted molar refractivity (Wildman–Crippen MR) is 98.4 cm³/mol. The fraction of sp³-hybridized carbons (Fsp3) is 0.765. The molecule has 0 bridgehead atoms. The fourth-order valence-electron chi connectivity index (χ4n) is 4.16. The highest BCUT2D eigenvalue weighted by atomic mass is 16.6. The van der Waals surface area contributed by atoms with Crippen LogP contribution in [0.3, 0.4) is 0 Å². The maximum Gasteiger partial charge on any atom is 0.245 e. The lowest BCUT2D eigenvalue weighted by Crippen LogP contribution is -2.58. The van der Waals surface area contributed by atoms with Crippen LogP contribution in [-0.4, -0.2) is 77.7 Å². The summed E-state index contributed by atoms with van der Waals surface area (Å²) in [5.74, 6) is 1.48. The molecule has 0 aromatic carbocycles. The first-order valence-corrected chi connectivity index (χ1v) is 9.42. The molecule has 0 atom stereocenters. The lowest BCUT2D eigenvalue weighted by atomic mass is 9.79. The van der Waals surface area contributed by atoms with Gasteiger partial charge in [0.05, 0.1) is 13.2 Å². The summed E-state index contributed by atoms with van der Waals surface area (Å²) in [6, 6.07) is 0. The topological polar surface area (TPSA) is 92.4 Å². The smallest absolute Gasteiger partial charge is 0.245 e. The number of fused-ring (bicyclic) bond motifs is 1. The van der Waals surface area contributed by atoms with Gasteiger partial charge in [-0.25, -0.2) is 14.6 Å². The summed E-state index contributed by atoms with van der Waals surface area (Å²) in [6.45, 7) is 4.49. The summed E-state index contributed by atoms with van der Waals surface area (Å²) in [6.07, 6.45) is 6.29. The number of anilines is 2. The summed E-state index contributed by atoms with van der Waals surface area (Å²) >= 11 is 0. The Balaban J connectivity index is 1.58.